The Bertz CT molecular complexity index is 1350. The van der Waals surface area contributed by atoms with Crippen molar-refractivity contribution >= 4 is 19.8 Å². The lowest BCUT2D eigenvalue weighted by atomic mass is 10.0. The van der Waals surface area contributed by atoms with E-state index in [0.717, 1.165) is 51.4 Å². The predicted octanol–water partition coefficient (Wildman–Crippen LogP) is 20.7. The number of unbranched alkanes of at least 4 members (excludes halogenated alkanes) is 45. The van der Waals surface area contributed by atoms with Gasteiger partial charge in [0, 0.05) is 12.8 Å². The number of carbonyl (C=O) groups is 2. The van der Waals surface area contributed by atoms with E-state index < -0.39 is 26.5 Å². The number of phosphoric acid groups is 1. The average Bonchev–Trinajstić information content (AvgIpc) is 3.39. The number of ether oxygens (including phenoxy) is 2. The topological polar surface area (TPSA) is 111 Å². The molecule has 0 aromatic heterocycles. The van der Waals surface area contributed by atoms with Gasteiger partial charge in [-0.25, -0.2) is 0 Å². The van der Waals surface area contributed by atoms with Gasteiger partial charge in [-0.2, -0.15) is 0 Å². The number of rotatable bonds is 63. The molecule has 0 spiro atoms. The summed E-state index contributed by atoms with van der Waals surface area (Å²) in [5.74, 6) is -0.825. The van der Waals surface area contributed by atoms with Crippen LogP contribution in [0.4, 0.5) is 0 Å². The molecule has 77 heavy (non-hydrogen) atoms. The van der Waals surface area contributed by atoms with Crippen LogP contribution in [0, 0.1) is 0 Å². The maximum Gasteiger partial charge on any atom is 0.306 e. The molecule has 0 aliphatic carbocycles. The van der Waals surface area contributed by atoms with Crippen molar-refractivity contribution in [2.45, 2.75) is 347 Å². The van der Waals surface area contributed by atoms with Gasteiger partial charge in [-0.3, -0.25) is 14.2 Å². The number of carbonyl (C=O) groups excluding carboxylic acids is 2. The highest BCUT2D eigenvalue weighted by Gasteiger charge is 2.22. The minimum absolute atomic E-state index is 0.0301. The Morgan fingerprint density at radius 3 is 1.04 bits per heavy atom. The summed E-state index contributed by atoms with van der Waals surface area (Å²) in [6.45, 7) is 4.27. The quantitative estimate of drug-likeness (QED) is 0.0195. The Balaban J connectivity index is 3.93. The molecule has 0 saturated heterocycles. The zero-order chi connectivity index (χ0) is 56.3. The number of hydrogen-bond donors (Lipinski definition) is 0. The fourth-order valence-corrected chi connectivity index (χ4v) is 10.8. The van der Waals surface area contributed by atoms with E-state index in [0.29, 0.717) is 17.4 Å². The minimum Gasteiger partial charge on any atom is -0.756 e. The largest absolute Gasteiger partial charge is 0.756 e. The molecule has 0 aromatic carbocycles. The lowest BCUT2D eigenvalue weighted by Crippen LogP contribution is -2.37. The number of esters is 2. The van der Waals surface area contributed by atoms with Gasteiger partial charge in [0.1, 0.15) is 19.8 Å². The van der Waals surface area contributed by atoms with Gasteiger partial charge in [0.15, 0.2) is 6.10 Å². The van der Waals surface area contributed by atoms with Crippen molar-refractivity contribution < 1.29 is 42.1 Å². The summed E-state index contributed by atoms with van der Waals surface area (Å²) in [5.41, 5.74) is 0. The van der Waals surface area contributed by atoms with Gasteiger partial charge in [-0.15, -0.1) is 0 Å². The third-order valence-electron chi connectivity index (χ3n) is 15.2. The van der Waals surface area contributed by atoms with Crippen LogP contribution in [0.5, 0.6) is 0 Å². The zero-order valence-corrected chi connectivity index (χ0v) is 52.8. The highest BCUT2D eigenvalue weighted by molar-refractivity contribution is 7.45. The molecule has 0 aliphatic rings. The number of quaternary nitrogens is 1. The van der Waals surface area contributed by atoms with Crippen molar-refractivity contribution in [1.82, 2.24) is 0 Å². The Morgan fingerprint density at radius 2 is 0.701 bits per heavy atom. The number of phosphoric ester groups is 1. The van der Waals surface area contributed by atoms with Crippen LogP contribution in [0.3, 0.4) is 0 Å². The molecule has 0 saturated carbocycles. The molecular weight excluding hydrogens is 978 g/mol. The van der Waals surface area contributed by atoms with Crippen molar-refractivity contribution in [3.8, 4) is 0 Å². The maximum atomic E-state index is 12.8. The summed E-state index contributed by atoms with van der Waals surface area (Å²) in [6.07, 6.45) is 72.7. The molecule has 2 unspecified atom stereocenters. The second-order valence-electron chi connectivity index (χ2n) is 24.2. The molecule has 0 bridgehead atoms. The van der Waals surface area contributed by atoms with Crippen molar-refractivity contribution in [3.63, 3.8) is 0 Å². The van der Waals surface area contributed by atoms with E-state index in [1.807, 2.05) is 21.1 Å². The van der Waals surface area contributed by atoms with Gasteiger partial charge < -0.3 is 27.9 Å². The molecule has 0 rings (SSSR count). The molecule has 2 atom stereocenters. The molecule has 9 nitrogen and oxygen atoms in total. The van der Waals surface area contributed by atoms with Crippen LogP contribution in [0.1, 0.15) is 341 Å². The van der Waals surface area contributed by atoms with Gasteiger partial charge in [-0.1, -0.05) is 308 Å². The summed E-state index contributed by atoms with van der Waals surface area (Å²) in [6, 6.07) is 0. The number of nitrogens with zero attached hydrogens (tertiary/aromatic N) is 1. The predicted molar refractivity (Wildman–Crippen MR) is 328 cm³/mol. The van der Waals surface area contributed by atoms with Crippen LogP contribution in [-0.2, 0) is 32.7 Å². The van der Waals surface area contributed by atoms with E-state index in [2.05, 4.69) is 38.2 Å². The van der Waals surface area contributed by atoms with E-state index in [-0.39, 0.29) is 32.0 Å². The Kier molecular flexibility index (Phi) is 58.0. The van der Waals surface area contributed by atoms with Crippen molar-refractivity contribution in [1.29, 1.82) is 0 Å². The summed E-state index contributed by atoms with van der Waals surface area (Å²) >= 11 is 0. The first-order valence-electron chi connectivity index (χ1n) is 33.5. The Labute approximate surface area is 479 Å². The molecule has 0 fully saturated rings. The first-order valence-corrected chi connectivity index (χ1v) is 35.0. The van der Waals surface area contributed by atoms with Gasteiger partial charge in [-0.05, 0) is 44.9 Å². The van der Waals surface area contributed by atoms with Crippen LogP contribution in [0.25, 0.3) is 0 Å². The second kappa shape index (κ2) is 59.1. The molecule has 0 amide bonds. The lowest BCUT2D eigenvalue weighted by molar-refractivity contribution is -0.870. The summed E-state index contributed by atoms with van der Waals surface area (Å²) < 4.78 is 34.2. The van der Waals surface area contributed by atoms with E-state index in [4.69, 9.17) is 18.5 Å². The molecule has 0 aromatic rings. The summed E-state index contributed by atoms with van der Waals surface area (Å²) in [7, 11) is 1.18. The number of likely N-dealkylation sites (N-methyl/N-ethyl adjacent to an activating group) is 1. The normalized spacial score (nSPS) is 13.3. The van der Waals surface area contributed by atoms with E-state index in [1.165, 1.54) is 257 Å². The maximum absolute atomic E-state index is 12.8. The van der Waals surface area contributed by atoms with E-state index in [9.17, 15) is 19.0 Å². The first kappa shape index (κ1) is 75.5. The monoisotopic (exact) mass is 1110 g/mol. The van der Waals surface area contributed by atoms with Crippen LogP contribution in [0.15, 0.2) is 24.3 Å². The molecule has 456 valence electrons. The smallest absolute Gasteiger partial charge is 0.306 e. The van der Waals surface area contributed by atoms with Crippen LogP contribution < -0.4 is 4.89 Å². The number of allylic oxidation sites excluding steroid dienone is 4. The molecule has 0 heterocycles. The van der Waals surface area contributed by atoms with Crippen LogP contribution in [-0.4, -0.2) is 70.0 Å². The fraction of sp³-hybridized carbons (Fsp3) is 0.910. The summed E-state index contributed by atoms with van der Waals surface area (Å²) in [5, 5.41) is 0. The minimum atomic E-state index is -4.64. The van der Waals surface area contributed by atoms with Crippen LogP contribution >= 0.6 is 7.82 Å². The highest BCUT2D eigenvalue weighted by Crippen LogP contribution is 2.38. The standard InChI is InChI=1S/C67H130NO8P/c1-6-8-10-12-14-16-18-20-22-24-26-27-28-29-30-31-32-33-34-35-36-37-38-39-40-41-42-44-45-47-49-51-53-55-57-59-66(69)73-63-65(64-75-77(71,72)74-62-61-68(3,4)5)76-67(70)60-58-56-54-52-50-48-46-43-25-23-21-19-17-15-13-11-9-7-2/h17,19,23,25,65H,6-16,18,20-22,24,26-64H2,1-5H3/b19-17-,25-23-. The molecular formula is C67H130NO8P. The van der Waals surface area contributed by atoms with Crippen LogP contribution in [0.2, 0.25) is 0 Å². The first-order chi connectivity index (χ1) is 37.5. The average molecular weight is 1110 g/mol. The van der Waals surface area contributed by atoms with Crippen molar-refractivity contribution in [2.75, 3.05) is 47.5 Å². The SMILES string of the molecule is CCCCCC/C=C\C/C=C\CCCCCCCCCC(=O)OC(COC(=O)CCCCCCCCCCCCCCCCCCCCCCCCCCCCCCCCCCCCC)COP(=O)([O-])OCC[N+](C)(C)C. The molecule has 0 N–H and O–H groups in total. The van der Waals surface area contributed by atoms with Crippen molar-refractivity contribution in [2.24, 2.45) is 0 Å². The van der Waals surface area contributed by atoms with E-state index >= 15 is 0 Å². The lowest BCUT2D eigenvalue weighted by Gasteiger charge is -2.28. The number of hydrogen-bond acceptors (Lipinski definition) is 8. The van der Waals surface area contributed by atoms with Gasteiger partial charge >= 0.3 is 11.9 Å². The Hall–Kier alpha value is -1.51. The van der Waals surface area contributed by atoms with Gasteiger partial charge in [0.05, 0.1) is 27.7 Å². The second-order valence-corrected chi connectivity index (χ2v) is 25.6. The fourth-order valence-electron chi connectivity index (χ4n) is 10.0. The van der Waals surface area contributed by atoms with Crippen molar-refractivity contribution in [3.05, 3.63) is 24.3 Å². The van der Waals surface area contributed by atoms with E-state index in [1.54, 1.807) is 0 Å². The van der Waals surface area contributed by atoms with Gasteiger partial charge in [0.25, 0.3) is 7.82 Å². The molecule has 0 radical (unpaired) electrons. The third kappa shape index (κ3) is 63.5. The molecule has 0 aliphatic heterocycles. The zero-order valence-electron chi connectivity index (χ0n) is 51.9. The van der Waals surface area contributed by atoms with Gasteiger partial charge in [0.2, 0.25) is 0 Å². The highest BCUT2D eigenvalue weighted by atomic mass is 31.2. The molecule has 10 heteroatoms. The Morgan fingerprint density at radius 1 is 0.403 bits per heavy atom. The third-order valence-corrected chi connectivity index (χ3v) is 16.2. The summed E-state index contributed by atoms with van der Waals surface area (Å²) in [4.78, 5) is 37.9.